The van der Waals surface area contributed by atoms with Crippen molar-refractivity contribution in [2.45, 2.75) is 31.3 Å². The number of halogens is 1. The predicted molar refractivity (Wildman–Crippen MR) is 69.0 cm³/mol. The first-order valence-corrected chi connectivity index (χ1v) is 7.56. The van der Waals surface area contributed by atoms with E-state index >= 15 is 0 Å². The SMILES string of the molecule is CCC(C)C(O)CS(=O)(=O)c1ccc(Cl)cc1. The zero-order valence-electron chi connectivity index (χ0n) is 9.93. The van der Waals surface area contributed by atoms with Gasteiger partial charge in [0.15, 0.2) is 9.84 Å². The molecule has 0 aromatic heterocycles. The van der Waals surface area contributed by atoms with Gasteiger partial charge in [-0.05, 0) is 30.2 Å². The molecule has 1 rings (SSSR count). The van der Waals surface area contributed by atoms with Crippen LogP contribution in [0.5, 0.6) is 0 Å². The summed E-state index contributed by atoms with van der Waals surface area (Å²) in [7, 11) is -3.44. The Labute approximate surface area is 107 Å². The molecule has 0 fully saturated rings. The molecule has 1 aromatic rings. The molecule has 0 radical (unpaired) electrons. The zero-order valence-corrected chi connectivity index (χ0v) is 11.5. The monoisotopic (exact) mass is 276 g/mol. The highest BCUT2D eigenvalue weighted by atomic mass is 35.5. The van der Waals surface area contributed by atoms with Crippen molar-refractivity contribution in [2.24, 2.45) is 5.92 Å². The van der Waals surface area contributed by atoms with Crippen molar-refractivity contribution in [1.82, 2.24) is 0 Å². The van der Waals surface area contributed by atoms with E-state index in [9.17, 15) is 13.5 Å². The van der Waals surface area contributed by atoms with E-state index in [4.69, 9.17) is 11.6 Å². The van der Waals surface area contributed by atoms with Gasteiger partial charge in [0, 0.05) is 5.02 Å². The molecule has 1 N–H and O–H groups in total. The summed E-state index contributed by atoms with van der Waals surface area (Å²) in [4.78, 5) is 0.198. The third-order valence-corrected chi connectivity index (χ3v) is 4.89. The van der Waals surface area contributed by atoms with Crippen LogP contribution < -0.4 is 0 Å². The molecule has 0 saturated carbocycles. The molecule has 0 saturated heterocycles. The predicted octanol–water partition coefficient (Wildman–Crippen LogP) is 2.52. The molecule has 0 aliphatic carbocycles. The number of hydrogen-bond acceptors (Lipinski definition) is 3. The van der Waals surface area contributed by atoms with Crippen molar-refractivity contribution >= 4 is 21.4 Å². The minimum atomic E-state index is -3.44. The van der Waals surface area contributed by atoms with Gasteiger partial charge in [-0.25, -0.2) is 8.42 Å². The summed E-state index contributed by atoms with van der Waals surface area (Å²) in [6.45, 7) is 3.75. The van der Waals surface area contributed by atoms with Crippen molar-refractivity contribution in [3.05, 3.63) is 29.3 Å². The number of aliphatic hydroxyl groups excluding tert-OH is 1. The molecule has 96 valence electrons. The first-order chi connectivity index (χ1) is 7.86. The van der Waals surface area contributed by atoms with Gasteiger partial charge in [0.05, 0.1) is 16.8 Å². The van der Waals surface area contributed by atoms with Gasteiger partial charge in [-0.2, -0.15) is 0 Å². The van der Waals surface area contributed by atoms with Crippen LogP contribution in [0.4, 0.5) is 0 Å². The van der Waals surface area contributed by atoms with E-state index in [2.05, 4.69) is 0 Å². The lowest BCUT2D eigenvalue weighted by atomic mass is 10.0. The lowest BCUT2D eigenvalue weighted by Crippen LogP contribution is -2.27. The van der Waals surface area contributed by atoms with Gasteiger partial charge in [-0.1, -0.05) is 31.9 Å². The minimum absolute atomic E-state index is 0.0305. The Morgan fingerprint density at radius 2 is 1.82 bits per heavy atom. The van der Waals surface area contributed by atoms with E-state index in [0.717, 1.165) is 6.42 Å². The molecular formula is C12H17ClO3S. The standard InChI is InChI=1S/C12H17ClO3S/c1-3-9(2)12(14)8-17(15,16)11-6-4-10(13)5-7-11/h4-7,9,12,14H,3,8H2,1-2H3. The van der Waals surface area contributed by atoms with Gasteiger partial charge >= 0.3 is 0 Å². The topological polar surface area (TPSA) is 54.4 Å². The summed E-state index contributed by atoms with van der Waals surface area (Å²) < 4.78 is 23.9. The van der Waals surface area contributed by atoms with Crippen LogP contribution in [0.3, 0.4) is 0 Å². The average molecular weight is 277 g/mol. The van der Waals surface area contributed by atoms with Crippen molar-refractivity contribution in [3.63, 3.8) is 0 Å². The van der Waals surface area contributed by atoms with Crippen LogP contribution in [0.1, 0.15) is 20.3 Å². The van der Waals surface area contributed by atoms with E-state index in [1.807, 2.05) is 13.8 Å². The van der Waals surface area contributed by atoms with Gasteiger partial charge in [0.1, 0.15) is 0 Å². The molecule has 2 unspecified atom stereocenters. The highest BCUT2D eigenvalue weighted by molar-refractivity contribution is 7.91. The molecule has 1 aromatic carbocycles. The lowest BCUT2D eigenvalue weighted by molar-refractivity contribution is 0.135. The second-order valence-electron chi connectivity index (χ2n) is 4.19. The zero-order chi connectivity index (χ0) is 13.1. The van der Waals surface area contributed by atoms with Crippen molar-refractivity contribution in [1.29, 1.82) is 0 Å². The number of hydrogen-bond donors (Lipinski definition) is 1. The molecule has 0 bridgehead atoms. The van der Waals surface area contributed by atoms with E-state index in [1.54, 1.807) is 0 Å². The summed E-state index contributed by atoms with van der Waals surface area (Å²) in [5.74, 6) is -0.277. The van der Waals surface area contributed by atoms with Gasteiger partial charge in [-0.3, -0.25) is 0 Å². The minimum Gasteiger partial charge on any atom is -0.392 e. The fourth-order valence-electron chi connectivity index (χ4n) is 1.40. The highest BCUT2D eigenvalue weighted by Crippen LogP contribution is 2.18. The Hall–Kier alpha value is -0.580. The number of sulfone groups is 1. The third kappa shape index (κ3) is 3.98. The van der Waals surface area contributed by atoms with Crippen LogP contribution in [0.25, 0.3) is 0 Å². The Bertz CT molecular complexity index is 453. The van der Waals surface area contributed by atoms with Gasteiger partial charge in [0.2, 0.25) is 0 Å². The Morgan fingerprint density at radius 1 is 1.29 bits per heavy atom. The van der Waals surface area contributed by atoms with Crippen molar-refractivity contribution < 1.29 is 13.5 Å². The van der Waals surface area contributed by atoms with E-state index in [0.29, 0.717) is 5.02 Å². The summed E-state index contributed by atoms with van der Waals surface area (Å²) in [6, 6.07) is 5.98. The third-order valence-electron chi connectivity index (χ3n) is 2.86. The first-order valence-electron chi connectivity index (χ1n) is 5.53. The van der Waals surface area contributed by atoms with Crippen LogP contribution >= 0.6 is 11.6 Å². The van der Waals surface area contributed by atoms with E-state index in [-0.39, 0.29) is 16.6 Å². The second-order valence-corrected chi connectivity index (χ2v) is 6.66. The Kier molecular flexibility index (Phi) is 4.98. The lowest BCUT2D eigenvalue weighted by Gasteiger charge is -2.17. The Balaban J connectivity index is 2.85. The quantitative estimate of drug-likeness (QED) is 0.899. The normalized spacial score (nSPS) is 15.5. The average Bonchev–Trinajstić information content (AvgIpc) is 2.27. The largest absolute Gasteiger partial charge is 0.392 e. The summed E-state index contributed by atoms with van der Waals surface area (Å²) >= 11 is 5.70. The smallest absolute Gasteiger partial charge is 0.180 e. The van der Waals surface area contributed by atoms with Crippen LogP contribution in [-0.2, 0) is 9.84 Å². The molecular weight excluding hydrogens is 260 g/mol. The molecule has 0 aliphatic rings. The highest BCUT2D eigenvalue weighted by Gasteiger charge is 2.22. The molecule has 0 amide bonds. The molecule has 17 heavy (non-hydrogen) atoms. The first kappa shape index (κ1) is 14.5. The van der Waals surface area contributed by atoms with Crippen molar-refractivity contribution in [3.8, 4) is 0 Å². The summed E-state index contributed by atoms with van der Waals surface area (Å²) in [5.41, 5.74) is 0. The van der Waals surface area contributed by atoms with Crippen LogP contribution in [0, 0.1) is 5.92 Å². The van der Waals surface area contributed by atoms with E-state index < -0.39 is 15.9 Å². The molecule has 0 aliphatic heterocycles. The molecule has 0 heterocycles. The maximum atomic E-state index is 12.0. The number of benzene rings is 1. The number of aliphatic hydroxyl groups is 1. The molecule has 0 spiro atoms. The van der Waals surface area contributed by atoms with Crippen LogP contribution in [0.15, 0.2) is 29.2 Å². The second kappa shape index (κ2) is 5.85. The van der Waals surface area contributed by atoms with Gasteiger partial charge in [0.25, 0.3) is 0 Å². The summed E-state index contributed by atoms with van der Waals surface area (Å²) in [6.07, 6.45) is -0.0854. The van der Waals surface area contributed by atoms with Crippen LogP contribution in [-0.4, -0.2) is 25.4 Å². The van der Waals surface area contributed by atoms with Crippen LogP contribution in [0.2, 0.25) is 5.02 Å². The van der Waals surface area contributed by atoms with Gasteiger partial charge < -0.3 is 5.11 Å². The fraction of sp³-hybridized carbons (Fsp3) is 0.500. The molecule has 5 heteroatoms. The maximum Gasteiger partial charge on any atom is 0.180 e. The number of rotatable bonds is 5. The van der Waals surface area contributed by atoms with Crippen molar-refractivity contribution in [2.75, 3.05) is 5.75 Å². The fourth-order valence-corrected chi connectivity index (χ4v) is 3.05. The molecule has 2 atom stereocenters. The van der Waals surface area contributed by atoms with E-state index in [1.165, 1.54) is 24.3 Å². The summed E-state index contributed by atoms with van der Waals surface area (Å²) in [5, 5.41) is 10.3. The molecule has 3 nitrogen and oxygen atoms in total. The maximum absolute atomic E-state index is 12.0. The van der Waals surface area contributed by atoms with Gasteiger partial charge in [-0.15, -0.1) is 0 Å². The Morgan fingerprint density at radius 3 is 2.29 bits per heavy atom.